The highest BCUT2D eigenvalue weighted by Crippen LogP contribution is 2.26. The molecule has 0 unspecified atom stereocenters. The second-order valence-electron chi connectivity index (χ2n) is 7.94. The zero-order valence-corrected chi connectivity index (χ0v) is 17.3. The van der Waals surface area contributed by atoms with Crippen LogP contribution in [0.3, 0.4) is 0 Å². The lowest BCUT2D eigenvalue weighted by Crippen LogP contribution is -2.19. The van der Waals surface area contributed by atoms with Gasteiger partial charge in [0.15, 0.2) is 5.65 Å². The van der Waals surface area contributed by atoms with E-state index in [2.05, 4.69) is 34.1 Å². The third-order valence-electron chi connectivity index (χ3n) is 5.79. The number of anilines is 2. The molecule has 0 amide bonds. The van der Waals surface area contributed by atoms with Gasteiger partial charge >= 0.3 is 0 Å². The summed E-state index contributed by atoms with van der Waals surface area (Å²) in [5.74, 6) is -0.248. The van der Waals surface area contributed by atoms with Gasteiger partial charge in [-0.1, -0.05) is 12.1 Å². The third-order valence-corrected chi connectivity index (χ3v) is 5.79. The summed E-state index contributed by atoms with van der Waals surface area (Å²) >= 11 is 0. The lowest BCUT2D eigenvalue weighted by atomic mass is 10.1. The smallest absolute Gasteiger partial charge is 0.154 e. The van der Waals surface area contributed by atoms with Gasteiger partial charge in [0.05, 0.1) is 11.9 Å². The first-order chi connectivity index (χ1) is 15.1. The van der Waals surface area contributed by atoms with E-state index in [0.29, 0.717) is 5.82 Å². The van der Waals surface area contributed by atoms with Gasteiger partial charge in [-0.05, 0) is 55.3 Å². The van der Waals surface area contributed by atoms with E-state index in [1.54, 1.807) is 16.5 Å². The Hall–Kier alpha value is -3.48. The van der Waals surface area contributed by atoms with Gasteiger partial charge in [0, 0.05) is 43.5 Å². The van der Waals surface area contributed by atoms with Crippen molar-refractivity contribution in [3.63, 3.8) is 0 Å². The van der Waals surface area contributed by atoms with E-state index < -0.39 is 11.6 Å². The SMILES string of the molecule is CN(Cc1cc(F)ccc1F)c1ccc2ncc(-c3ccc(N4CCCC4)cc3)n2n1. The van der Waals surface area contributed by atoms with Gasteiger partial charge in [-0.15, -0.1) is 5.10 Å². The largest absolute Gasteiger partial charge is 0.372 e. The first-order valence-corrected chi connectivity index (χ1v) is 10.4. The second-order valence-corrected chi connectivity index (χ2v) is 7.94. The maximum absolute atomic E-state index is 14.0. The molecule has 1 fully saturated rings. The van der Waals surface area contributed by atoms with Crippen molar-refractivity contribution < 1.29 is 8.78 Å². The highest BCUT2D eigenvalue weighted by molar-refractivity contribution is 5.66. The summed E-state index contributed by atoms with van der Waals surface area (Å²) in [7, 11) is 1.81. The minimum Gasteiger partial charge on any atom is -0.372 e. The molecule has 7 heteroatoms. The normalized spacial score (nSPS) is 13.8. The van der Waals surface area contributed by atoms with Crippen LogP contribution in [-0.2, 0) is 6.54 Å². The Morgan fingerprint density at radius 2 is 1.74 bits per heavy atom. The molecule has 5 nitrogen and oxygen atoms in total. The van der Waals surface area contributed by atoms with Crippen molar-refractivity contribution in [2.45, 2.75) is 19.4 Å². The first-order valence-electron chi connectivity index (χ1n) is 10.4. The third kappa shape index (κ3) is 3.83. The van der Waals surface area contributed by atoms with Crippen LogP contribution in [0.1, 0.15) is 18.4 Å². The molecular formula is C24H23F2N5. The molecule has 0 radical (unpaired) electrons. The predicted octanol–water partition coefficient (Wildman–Crippen LogP) is 4.91. The lowest BCUT2D eigenvalue weighted by molar-refractivity contribution is 0.583. The molecule has 0 N–H and O–H groups in total. The minimum atomic E-state index is -0.456. The van der Waals surface area contributed by atoms with Crippen molar-refractivity contribution in [2.24, 2.45) is 0 Å². The average Bonchev–Trinajstić information content (AvgIpc) is 3.46. The summed E-state index contributed by atoms with van der Waals surface area (Å²) in [6.45, 7) is 2.42. The highest BCUT2D eigenvalue weighted by Gasteiger charge is 2.15. The van der Waals surface area contributed by atoms with E-state index >= 15 is 0 Å². The number of nitrogens with zero attached hydrogens (tertiary/aromatic N) is 5. The van der Waals surface area contributed by atoms with Crippen LogP contribution in [0.25, 0.3) is 16.9 Å². The molecule has 31 heavy (non-hydrogen) atoms. The van der Waals surface area contributed by atoms with Crippen molar-refractivity contribution in [3.05, 3.63) is 78.0 Å². The topological polar surface area (TPSA) is 36.7 Å². The van der Waals surface area contributed by atoms with E-state index in [0.717, 1.165) is 42.1 Å². The Kier molecular flexibility index (Phi) is 5.02. The van der Waals surface area contributed by atoms with Crippen molar-refractivity contribution in [3.8, 4) is 11.3 Å². The molecule has 1 aliphatic heterocycles. The van der Waals surface area contributed by atoms with E-state index in [1.165, 1.54) is 24.6 Å². The van der Waals surface area contributed by atoms with Crippen LogP contribution in [0, 0.1) is 11.6 Å². The molecule has 2 aromatic heterocycles. The Morgan fingerprint density at radius 1 is 0.968 bits per heavy atom. The molecule has 5 rings (SSSR count). The zero-order chi connectivity index (χ0) is 21.4. The van der Waals surface area contributed by atoms with E-state index in [9.17, 15) is 8.78 Å². The zero-order valence-electron chi connectivity index (χ0n) is 17.3. The van der Waals surface area contributed by atoms with E-state index in [4.69, 9.17) is 5.10 Å². The monoisotopic (exact) mass is 419 g/mol. The van der Waals surface area contributed by atoms with Crippen molar-refractivity contribution in [2.75, 3.05) is 29.9 Å². The van der Waals surface area contributed by atoms with Crippen molar-refractivity contribution in [1.82, 2.24) is 14.6 Å². The Balaban J connectivity index is 1.43. The molecule has 2 aromatic carbocycles. The standard InChI is InChI=1S/C24H23F2N5/c1-29(16-18-14-19(25)6-9-21(18)26)24-11-10-23-27-15-22(31(23)28-24)17-4-7-20(8-5-17)30-12-2-3-13-30/h4-11,14-15H,2-3,12-13,16H2,1H3. The molecular weight excluding hydrogens is 396 g/mol. The van der Waals surface area contributed by atoms with Crippen LogP contribution in [-0.4, -0.2) is 34.7 Å². The number of imidazole rings is 1. The van der Waals surface area contributed by atoms with Gasteiger partial charge in [-0.25, -0.2) is 18.3 Å². The molecule has 1 saturated heterocycles. The fourth-order valence-electron chi connectivity index (χ4n) is 4.08. The summed E-state index contributed by atoms with van der Waals surface area (Å²) in [6, 6.07) is 15.7. The van der Waals surface area contributed by atoms with Crippen LogP contribution in [0.2, 0.25) is 0 Å². The van der Waals surface area contributed by atoms with Crippen LogP contribution >= 0.6 is 0 Å². The number of aromatic nitrogens is 3. The maximum atomic E-state index is 14.0. The summed E-state index contributed by atoms with van der Waals surface area (Å²) in [5, 5.41) is 4.71. The van der Waals surface area contributed by atoms with Gasteiger partial charge < -0.3 is 9.80 Å². The van der Waals surface area contributed by atoms with Crippen LogP contribution in [0.4, 0.5) is 20.3 Å². The lowest BCUT2D eigenvalue weighted by Gasteiger charge is -2.19. The van der Waals surface area contributed by atoms with Gasteiger partial charge in [-0.2, -0.15) is 0 Å². The minimum absolute atomic E-state index is 0.205. The number of fused-ring (bicyclic) bond motifs is 1. The van der Waals surface area contributed by atoms with E-state index in [1.807, 2.05) is 18.3 Å². The quantitative estimate of drug-likeness (QED) is 0.461. The maximum Gasteiger partial charge on any atom is 0.154 e. The number of hydrogen-bond acceptors (Lipinski definition) is 4. The number of rotatable bonds is 5. The van der Waals surface area contributed by atoms with Crippen LogP contribution in [0.5, 0.6) is 0 Å². The summed E-state index contributed by atoms with van der Waals surface area (Å²) in [4.78, 5) is 8.65. The summed E-state index contributed by atoms with van der Waals surface area (Å²) in [5.41, 5.74) is 4.16. The van der Waals surface area contributed by atoms with Crippen LogP contribution in [0.15, 0.2) is 60.8 Å². The highest BCUT2D eigenvalue weighted by atomic mass is 19.1. The average molecular weight is 419 g/mol. The van der Waals surface area contributed by atoms with Crippen LogP contribution < -0.4 is 9.80 Å². The van der Waals surface area contributed by atoms with Gasteiger partial charge in [0.1, 0.15) is 17.5 Å². The number of halogens is 2. The molecule has 3 heterocycles. The molecule has 158 valence electrons. The fourth-order valence-corrected chi connectivity index (χ4v) is 4.08. The van der Waals surface area contributed by atoms with Gasteiger partial charge in [0.2, 0.25) is 0 Å². The predicted molar refractivity (Wildman–Crippen MR) is 118 cm³/mol. The van der Waals surface area contributed by atoms with E-state index in [-0.39, 0.29) is 12.1 Å². The Morgan fingerprint density at radius 3 is 2.52 bits per heavy atom. The molecule has 0 spiro atoms. The summed E-state index contributed by atoms with van der Waals surface area (Å²) in [6.07, 6.45) is 4.30. The molecule has 1 aliphatic rings. The molecule has 0 saturated carbocycles. The Bertz CT molecular complexity index is 1210. The molecule has 0 aliphatic carbocycles. The van der Waals surface area contributed by atoms with Crippen molar-refractivity contribution >= 4 is 17.2 Å². The van der Waals surface area contributed by atoms with Gasteiger partial charge in [-0.3, -0.25) is 0 Å². The molecule has 0 atom stereocenters. The number of benzene rings is 2. The van der Waals surface area contributed by atoms with Crippen molar-refractivity contribution in [1.29, 1.82) is 0 Å². The molecule has 0 bridgehead atoms. The molecule has 4 aromatic rings. The Labute approximate surface area is 179 Å². The fraction of sp³-hybridized carbons (Fsp3) is 0.250. The second kappa shape index (κ2) is 7.98. The summed E-state index contributed by atoms with van der Waals surface area (Å²) < 4.78 is 29.4. The van der Waals surface area contributed by atoms with Gasteiger partial charge in [0.25, 0.3) is 0 Å². The number of hydrogen-bond donors (Lipinski definition) is 0. The first kappa shape index (κ1) is 19.5.